The summed E-state index contributed by atoms with van der Waals surface area (Å²) in [7, 11) is 1.64. The summed E-state index contributed by atoms with van der Waals surface area (Å²) in [4.78, 5) is 26.0. The number of ether oxygens (including phenoxy) is 1. The van der Waals surface area contributed by atoms with E-state index in [2.05, 4.69) is 5.32 Å². The Morgan fingerprint density at radius 1 is 1.39 bits per heavy atom. The van der Waals surface area contributed by atoms with Gasteiger partial charge in [0.1, 0.15) is 5.54 Å². The summed E-state index contributed by atoms with van der Waals surface area (Å²) in [6.45, 7) is 6.59. The van der Waals surface area contributed by atoms with E-state index >= 15 is 0 Å². The Morgan fingerprint density at radius 2 is 2.00 bits per heavy atom. The average Bonchev–Trinajstić information content (AvgIpc) is 2.38. The van der Waals surface area contributed by atoms with Crippen LogP contribution >= 0.6 is 0 Å². The predicted octanol–water partition coefficient (Wildman–Crippen LogP) is 0.929. The van der Waals surface area contributed by atoms with Gasteiger partial charge < -0.3 is 15.0 Å². The van der Waals surface area contributed by atoms with Crippen molar-refractivity contribution in [3.8, 4) is 0 Å². The quantitative estimate of drug-likeness (QED) is 0.769. The maximum Gasteiger partial charge on any atom is 0.249 e. The minimum absolute atomic E-state index is 0.0287. The molecule has 2 amide bonds. The van der Waals surface area contributed by atoms with E-state index in [9.17, 15) is 9.59 Å². The van der Waals surface area contributed by atoms with Crippen LogP contribution in [-0.4, -0.2) is 48.6 Å². The third-order valence-electron chi connectivity index (χ3n) is 3.84. The summed E-state index contributed by atoms with van der Waals surface area (Å²) in [5.41, 5.74) is -0.712. The molecule has 1 saturated heterocycles. The normalized spacial score (nSPS) is 20.8. The minimum atomic E-state index is -0.712. The third kappa shape index (κ3) is 2.83. The van der Waals surface area contributed by atoms with E-state index in [-0.39, 0.29) is 24.4 Å². The Hall–Kier alpha value is -1.10. The molecule has 1 N–H and O–H groups in total. The van der Waals surface area contributed by atoms with E-state index in [0.29, 0.717) is 19.4 Å². The van der Waals surface area contributed by atoms with Gasteiger partial charge in [0.25, 0.3) is 0 Å². The first kappa shape index (κ1) is 15.0. The van der Waals surface area contributed by atoms with Gasteiger partial charge in [0.15, 0.2) is 0 Å². The molecule has 18 heavy (non-hydrogen) atoms. The zero-order valence-electron chi connectivity index (χ0n) is 11.8. The Balaban J connectivity index is 2.85. The molecule has 0 spiro atoms. The molecule has 0 aromatic carbocycles. The van der Waals surface area contributed by atoms with Crippen LogP contribution in [0, 0.1) is 0 Å². The summed E-state index contributed by atoms with van der Waals surface area (Å²) < 4.78 is 5.03. The van der Waals surface area contributed by atoms with Gasteiger partial charge in [-0.25, -0.2) is 0 Å². The van der Waals surface area contributed by atoms with Crippen molar-refractivity contribution >= 4 is 11.8 Å². The van der Waals surface area contributed by atoms with Crippen LogP contribution in [0.25, 0.3) is 0 Å². The highest BCUT2D eigenvalue weighted by atomic mass is 16.5. The molecule has 1 rings (SSSR count). The van der Waals surface area contributed by atoms with Gasteiger partial charge in [-0.2, -0.15) is 0 Å². The lowest BCUT2D eigenvalue weighted by Gasteiger charge is -2.43. The van der Waals surface area contributed by atoms with Gasteiger partial charge in [0.05, 0.1) is 6.54 Å². The zero-order valence-corrected chi connectivity index (χ0v) is 11.8. The number of nitrogens with zero attached hydrogens (tertiary/aromatic N) is 1. The fourth-order valence-corrected chi connectivity index (χ4v) is 2.39. The van der Waals surface area contributed by atoms with Crippen molar-refractivity contribution in [2.75, 3.05) is 20.3 Å². The molecule has 1 unspecified atom stereocenters. The molecule has 0 bridgehead atoms. The van der Waals surface area contributed by atoms with Crippen LogP contribution in [0.4, 0.5) is 0 Å². The van der Waals surface area contributed by atoms with Gasteiger partial charge in [-0.05, 0) is 26.2 Å². The number of rotatable bonds is 6. The average molecular weight is 256 g/mol. The van der Waals surface area contributed by atoms with Gasteiger partial charge in [-0.3, -0.25) is 9.59 Å². The molecule has 104 valence electrons. The monoisotopic (exact) mass is 256 g/mol. The number of amides is 2. The Kier molecular flexibility index (Phi) is 5.14. The first-order chi connectivity index (χ1) is 8.50. The molecule has 1 heterocycles. The molecule has 5 nitrogen and oxygen atoms in total. The van der Waals surface area contributed by atoms with Gasteiger partial charge in [-0.15, -0.1) is 0 Å². The van der Waals surface area contributed by atoms with Crippen molar-refractivity contribution in [3.63, 3.8) is 0 Å². The summed E-state index contributed by atoms with van der Waals surface area (Å²) in [6.07, 6.45) is 2.00. The molecule has 1 aliphatic heterocycles. The smallest absolute Gasteiger partial charge is 0.249 e. The van der Waals surface area contributed by atoms with Crippen LogP contribution in [0.3, 0.4) is 0 Å². The summed E-state index contributed by atoms with van der Waals surface area (Å²) in [6, 6.07) is 0.0287. The second kappa shape index (κ2) is 6.18. The fraction of sp³-hybridized carbons (Fsp3) is 0.846. The number of piperazine rings is 1. The topological polar surface area (TPSA) is 58.6 Å². The highest BCUT2D eigenvalue weighted by molar-refractivity contribution is 5.98. The van der Waals surface area contributed by atoms with Crippen molar-refractivity contribution in [2.24, 2.45) is 0 Å². The standard InChI is InChI=1S/C13H24N2O3/c1-5-13(6-2)12(17)15(9-11(16)14-13)10(3)7-8-18-4/h10H,5-9H2,1-4H3,(H,14,16). The molecule has 0 aliphatic carbocycles. The van der Waals surface area contributed by atoms with Gasteiger partial charge in [-0.1, -0.05) is 13.8 Å². The van der Waals surface area contributed by atoms with E-state index in [4.69, 9.17) is 4.74 Å². The molecule has 0 aromatic heterocycles. The molecule has 0 radical (unpaired) electrons. The fourth-order valence-electron chi connectivity index (χ4n) is 2.39. The molecule has 1 atom stereocenters. The number of carbonyl (C=O) groups is 2. The first-order valence-corrected chi connectivity index (χ1v) is 6.61. The largest absolute Gasteiger partial charge is 0.385 e. The zero-order chi connectivity index (χ0) is 13.8. The van der Waals surface area contributed by atoms with Crippen molar-refractivity contribution in [3.05, 3.63) is 0 Å². The van der Waals surface area contributed by atoms with Crippen LogP contribution < -0.4 is 5.32 Å². The van der Waals surface area contributed by atoms with E-state index in [1.165, 1.54) is 0 Å². The van der Waals surface area contributed by atoms with E-state index in [0.717, 1.165) is 6.42 Å². The molecular weight excluding hydrogens is 232 g/mol. The van der Waals surface area contributed by atoms with Crippen LogP contribution in [-0.2, 0) is 14.3 Å². The Bertz CT molecular complexity index is 313. The summed E-state index contributed by atoms with van der Waals surface area (Å²) in [5, 5.41) is 2.86. The molecule has 1 aliphatic rings. The lowest BCUT2D eigenvalue weighted by atomic mass is 9.88. The number of hydrogen-bond acceptors (Lipinski definition) is 3. The maximum absolute atomic E-state index is 12.5. The van der Waals surface area contributed by atoms with Crippen molar-refractivity contribution in [2.45, 2.75) is 51.6 Å². The second-order valence-corrected chi connectivity index (χ2v) is 4.90. The van der Waals surface area contributed by atoms with Crippen molar-refractivity contribution < 1.29 is 14.3 Å². The summed E-state index contributed by atoms with van der Waals surface area (Å²) in [5.74, 6) is -0.0294. The van der Waals surface area contributed by atoms with Crippen LogP contribution in [0.15, 0.2) is 0 Å². The van der Waals surface area contributed by atoms with E-state index in [1.807, 2.05) is 20.8 Å². The minimum Gasteiger partial charge on any atom is -0.385 e. The third-order valence-corrected chi connectivity index (χ3v) is 3.84. The number of hydrogen-bond donors (Lipinski definition) is 1. The molecular formula is C13H24N2O3. The maximum atomic E-state index is 12.5. The van der Waals surface area contributed by atoms with Crippen LogP contribution in [0.2, 0.25) is 0 Å². The Morgan fingerprint density at radius 3 is 2.50 bits per heavy atom. The SMILES string of the molecule is CCC1(CC)NC(=O)CN(C(C)CCOC)C1=O. The van der Waals surface area contributed by atoms with Crippen molar-refractivity contribution in [1.29, 1.82) is 0 Å². The molecule has 1 fully saturated rings. The second-order valence-electron chi connectivity index (χ2n) is 4.90. The van der Waals surface area contributed by atoms with Gasteiger partial charge in [0, 0.05) is 19.8 Å². The summed E-state index contributed by atoms with van der Waals surface area (Å²) >= 11 is 0. The van der Waals surface area contributed by atoms with Crippen molar-refractivity contribution in [1.82, 2.24) is 10.2 Å². The molecule has 0 saturated carbocycles. The molecule has 5 heteroatoms. The van der Waals surface area contributed by atoms with Crippen LogP contribution in [0.5, 0.6) is 0 Å². The molecule has 0 aromatic rings. The Labute approximate surface area is 109 Å². The number of nitrogens with one attached hydrogen (secondary N) is 1. The lowest BCUT2D eigenvalue weighted by Crippen LogP contribution is -2.67. The number of carbonyl (C=O) groups excluding carboxylic acids is 2. The van der Waals surface area contributed by atoms with Gasteiger partial charge in [0.2, 0.25) is 11.8 Å². The predicted molar refractivity (Wildman–Crippen MR) is 69.1 cm³/mol. The first-order valence-electron chi connectivity index (χ1n) is 6.61. The van der Waals surface area contributed by atoms with E-state index < -0.39 is 5.54 Å². The number of methoxy groups -OCH3 is 1. The van der Waals surface area contributed by atoms with Crippen LogP contribution in [0.1, 0.15) is 40.0 Å². The highest BCUT2D eigenvalue weighted by Gasteiger charge is 2.45. The van der Waals surface area contributed by atoms with Gasteiger partial charge >= 0.3 is 0 Å². The lowest BCUT2D eigenvalue weighted by molar-refractivity contribution is -0.152. The highest BCUT2D eigenvalue weighted by Crippen LogP contribution is 2.24. The van der Waals surface area contributed by atoms with E-state index in [1.54, 1.807) is 12.0 Å².